The number of amides is 1. The molecule has 7 nitrogen and oxygen atoms in total. The molecule has 0 radical (unpaired) electrons. The standard InChI is InChI=1S/C17H12N4O3/c18-20-16(22)11-9-12(13-7-4-8-23-13)19-17-14(11)15(21-24-17)10-5-2-1-3-6-10/h1-9H,18H2,(H,20,22). The van der Waals surface area contributed by atoms with Crippen LogP contribution < -0.4 is 11.3 Å². The first-order chi connectivity index (χ1) is 11.8. The molecule has 3 aromatic heterocycles. The molecule has 0 aliphatic rings. The highest BCUT2D eigenvalue weighted by Gasteiger charge is 2.22. The van der Waals surface area contributed by atoms with Crippen LogP contribution in [0, 0.1) is 0 Å². The Kier molecular flexibility index (Phi) is 3.33. The number of aromatic nitrogens is 2. The van der Waals surface area contributed by atoms with E-state index in [9.17, 15) is 4.79 Å². The Bertz CT molecular complexity index is 1010. The van der Waals surface area contributed by atoms with Gasteiger partial charge >= 0.3 is 0 Å². The number of hydrogen-bond donors (Lipinski definition) is 2. The number of carbonyl (C=O) groups excluding carboxylic acids is 1. The van der Waals surface area contributed by atoms with Gasteiger partial charge in [-0.25, -0.2) is 10.8 Å². The van der Waals surface area contributed by atoms with Gasteiger partial charge in [0.05, 0.1) is 17.2 Å². The quantitative estimate of drug-likeness (QED) is 0.341. The molecule has 7 heteroatoms. The molecular formula is C17H12N4O3. The van der Waals surface area contributed by atoms with Gasteiger partial charge in [-0.2, -0.15) is 0 Å². The van der Waals surface area contributed by atoms with E-state index in [1.54, 1.807) is 18.2 Å². The number of furan rings is 1. The van der Waals surface area contributed by atoms with Crippen molar-refractivity contribution in [1.29, 1.82) is 0 Å². The lowest BCUT2D eigenvalue weighted by Crippen LogP contribution is -2.30. The van der Waals surface area contributed by atoms with Crippen molar-refractivity contribution in [3.05, 3.63) is 60.4 Å². The zero-order valence-electron chi connectivity index (χ0n) is 12.4. The van der Waals surface area contributed by atoms with Crippen molar-refractivity contribution in [1.82, 2.24) is 15.6 Å². The highest BCUT2D eigenvalue weighted by atomic mass is 16.5. The molecule has 0 aliphatic carbocycles. The van der Waals surface area contributed by atoms with Crippen LogP contribution in [0.5, 0.6) is 0 Å². The summed E-state index contributed by atoms with van der Waals surface area (Å²) < 4.78 is 10.7. The van der Waals surface area contributed by atoms with Gasteiger partial charge in [0.2, 0.25) is 0 Å². The number of nitrogens with one attached hydrogen (secondary N) is 1. The van der Waals surface area contributed by atoms with Crippen molar-refractivity contribution < 1.29 is 13.7 Å². The van der Waals surface area contributed by atoms with Gasteiger partial charge in [0.1, 0.15) is 11.4 Å². The Morgan fingerprint density at radius 2 is 1.96 bits per heavy atom. The van der Waals surface area contributed by atoms with Gasteiger partial charge in [-0.1, -0.05) is 35.5 Å². The minimum atomic E-state index is -0.462. The van der Waals surface area contributed by atoms with E-state index in [2.05, 4.69) is 15.6 Å². The number of nitrogen functional groups attached to an aromatic ring is 1. The summed E-state index contributed by atoms with van der Waals surface area (Å²) in [5, 5.41) is 4.58. The smallest absolute Gasteiger partial charge is 0.266 e. The fraction of sp³-hybridized carbons (Fsp3) is 0. The van der Waals surface area contributed by atoms with E-state index in [4.69, 9.17) is 14.8 Å². The summed E-state index contributed by atoms with van der Waals surface area (Å²) in [5.41, 5.74) is 4.50. The second kappa shape index (κ2) is 5.64. The molecule has 0 bridgehead atoms. The topological polar surface area (TPSA) is 107 Å². The molecule has 3 heterocycles. The lowest BCUT2D eigenvalue weighted by atomic mass is 10.0. The highest BCUT2D eigenvalue weighted by molar-refractivity contribution is 6.10. The minimum absolute atomic E-state index is 0.237. The van der Waals surface area contributed by atoms with E-state index in [1.165, 1.54) is 6.26 Å². The van der Waals surface area contributed by atoms with Crippen LogP contribution in [0.4, 0.5) is 0 Å². The van der Waals surface area contributed by atoms with Crippen LogP contribution >= 0.6 is 0 Å². The predicted octanol–water partition coefficient (Wildman–Crippen LogP) is 2.75. The largest absolute Gasteiger partial charge is 0.463 e. The van der Waals surface area contributed by atoms with E-state index < -0.39 is 5.91 Å². The Morgan fingerprint density at radius 3 is 2.67 bits per heavy atom. The first kappa shape index (κ1) is 14.2. The summed E-state index contributed by atoms with van der Waals surface area (Å²) in [5.74, 6) is 5.38. The molecule has 0 spiro atoms. The molecule has 0 aliphatic heterocycles. The van der Waals surface area contributed by atoms with E-state index >= 15 is 0 Å². The molecule has 0 fully saturated rings. The average Bonchev–Trinajstić information content (AvgIpc) is 3.30. The third-order valence-corrected chi connectivity index (χ3v) is 3.64. The highest BCUT2D eigenvalue weighted by Crippen LogP contribution is 2.32. The molecule has 4 aromatic rings. The Balaban J connectivity index is 2.00. The predicted molar refractivity (Wildman–Crippen MR) is 86.6 cm³/mol. The second-order valence-electron chi connectivity index (χ2n) is 5.08. The molecule has 0 unspecified atom stereocenters. The summed E-state index contributed by atoms with van der Waals surface area (Å²) in [4.78, 5) is 16.7. The molecular weight excluding hydrogens is 308 g/mol. The van der Waals surface area contributed by atoms with Gasteiger partial charge in [-0.3, -0.25) is 10.2 Å². The fourth-order valence-electron chi connectivity index (χ4n) is 2.55. The number of hydrogen-bond acceptors (Lipinski definition) is 6. The summed E-state index contributed by atoms with van der Waals surface area (Å²) in [6, 6.07) is 14.5. The van der Waals surface area contributed by atoms with E-state index in [-0.39, 0.29) is 5.71 Å². The third kappa shape index (κ3) is 2.24. The van der Waals surface area contributed by atoms with Gasteiger partial charge < -0.3 is 8.94 Å². The van der Waals surface area contributed by atoms with Crippen LogP contribution in [0.2, 0.25) is 0 Å². The summed E-state index contributed by atoms with van der Waals surface area (Å²) in [7, 11) is 0. The van der Waals surface area contributed by atoms with Crippen LogP contribution in [0.25, 0.3) is 33.8 Å². The second-order valence-corrected chi connectivity index (χ2v) is 5.08. The van der Waals surface area contributed by atoms with Crippen molar-refractivity contribution in [3.8, 4) is 22.7 Å². The monoisotopic (exact) mass is 320 g/mol. The van der Waals surface area contributed by atoms with Crippen LogP contribution in [-0.4, -0.2) is 16.0 Å². The number of fused-ring (bicyclic) bond motifs is 1. The van der Waals surface area contributed by atoms with Gasteiger partial charge in [-0.15, -0.1) is 0 Å². The summed E-state index contributed by atoms with van der Waals surface area (Å²) in [6.45, 7) is 0. The van der Waals surface area contributed by atoms with Crippen molar-refractivity contribution >= 4 is 17.0 Å². The van der Waals surface area contributed by atoms with E-state index in [0.717, 1.165) is 5.56 Å². The molecule has 0 saturated carbocycles. The van der Waals surface area contributed by atoms with Crippen molar-refractivity contribution in [2.24, 2.45) is 5.84 Å². The minimum Gasteiger partial charge on any atom is -0.463 e. The Hall–Kier alpha value is -3.45. The zero-order valence-corrected chi connectivity index (χ0v) is 12.4. The fourth-order valence-corrected chi connectivity index (χ4v) is 2.55. The van der Waals surface area contributed by atoms with Gasteiger partial charge in [0, 0.05) is 5.56 Å². The lowest BCUT2D eigenvalue weighted by molar-refractivity contribution is 0.0955. The number of pyridine rings is 1. The van der Waals surface area contributed by atoms with Crippen LogP contribution in [0.1, 0.15) is 10.4 Å². The Morgan fingerprint density at radius 1 is 1.12 bits per heavy atom. The first-order valence-electron chi connectivity index (χ1n) is 7.18. The number of carbonyl (C=O) groups is 1. The van der Waals surface area contributed by atoms with Gasteiger partial charge in [0.15, 0.2) is 5.76 Å². The number of nitrogens with two attached hydrogens (primary N) is 1. The lowest BCUT2D eigenvalue weighted by Gasteiger charge is -2.05. The number of hydrazine groups is 1. The van der Waals surface area contributed by atoms with E-state index in [0.29, 0.717) is 28.1 Å². The Labute approximate surface area is 136 Å². The molecule has 3 N–H and O–H groups in total. The number of rotatable bonds is 3. The van der Waals surface area contributed by atoms with Crippen molar-refractivity contribution in [3.63, 3.8) is 0 Å². The SMILES string of the molecule is NNC(=O)c1cc(-c2ccco2)nc2onc(-c3ccccc3)c12. The van der Waals surface area contributed by atoms with Crippen molar-refractivity contribution in [2.75, 3.05) is 0 Å². The molecule has 0 saturated heterocycles. The molecule has 24 heavy (non-hydrogen) atoms. The molecule has 1 aromatic carbocycles. The molecule has 0 atom stereocenters. The zero-order chi connectivity index (χ0) is 16.5. The molecule has 4 rings (SSSR count). The van der Waals surface area contributed by atoms with Crippen LogP contribution in [0.15, 0.2) is 63.7 Å². The number of nitrogens with zero attached hydrogens (tertiary/aromatic N) is 2. The summed E-state index contributed by atoms with van der Waals surface area (Å²) >= 11 is 0. The van der Waals surface area contributed by atoms with E-state index in [1.807, 2.05) is 30.3 Å². The van der Waals surface area contributed by atoms with Gasteiger partial charge in [0.25, 0.3) is 11.6 Å². The van der Waals surface area contributed by atoms with Crippen LogP contribution in [-0.2, 0) is 0 Å². The molecule has 1 amide bonds. The average molecular weight is 320 g/mol. The normalized spacial score (nSPS) is 10.9. The van der Waals surface area contributed by atoms with Crippen LogP contribution in [0.3, 0.4) is 0 Å². The van der Waals surface area contributed by atoms with Gasteiger partial charge in [-0.05, 0) is 18.2 Å². The maximum Gasteiger partial charge on any atom is 0.266 e. The molecule has 118 valence electrons. The number of benzene rings is 1. The maximum atomic E-state index is 12.3. The summed E-state index contributed by atoms with van der Waals surface area (Å²) in [6.07, 6.45) is 1.53. The maximum absolute atomic E-state index is 12.3. The van der Waals surface area contributed by atoms with Crippen molar-refractivity contribution in [2.45, 2.75) is 0 Å². The first-order valence-corrected chi connectivity index (χ1v) is 7.18. The third-order valence-electron chi connectivity index (χ3n) is 3.64.